The van der Waals surface area contributed by atoms with Gasteiger partial charge in [0.05, 0.1) is 6.42 Å². The van der Waals surface area contributed by atoms with Crippen molar-refractivity contribution in [3.63, 3.8) is 0 Å². The van der Waals surface area contributed by atoms with Crippen molar-refractivity contribution < 1.29 is 9.59 Å². The van der Waals surface area contributed by atoms with E-state index in [2.05, 4.69) is 34.3 Å². The molecule has 2 heterocycles. The third-order valence-electron chi connectivity index (χ3n) is 6.52. The summed E-state index contributed by atoms with van der Waals surface area (Å²) in [4.78, 5) is 24.7. The van der Waals surface area contributed by atoms with Crippen molar-refractivity contribution in [2.45, 2.75) is 57.5 Å². The van der Waals surface area contributed by atoms with Crippen molar-refractivity contribution >= 4 is 22.7 Å². The lowest BCUT2D eigenvalue weighted by molar-refractivity contribution is -0.127. The average Bonchev–Trinajstić information content (AvgIpc) is 2.96. The van der Waals surface area contributed by atoms with Crippen LogP contribution < -0.4 is 10.6 Å². The molecule has 1 aliphatic heterocycles. The van der Waals surface area contributed by atoms with Crippen LogP contribution in [0, 0.1) is 11.8 Å². The molecule has 5 nitrogen and oxygen atoms in total. The van der Waals surface area contributed by atoms with Gasteiger partial charge in [-0.05, 0) is 42.7 Å². The monoisotopic (exact) mass is 367 g/mol. The molecule has 27 heavy (non-hydrogen) atoms. The topological polar surface area (TPSA) is 63.1 Å². The molecule has 2 N–H and O–H groups in total. The number of aromatic nitrogens is 1. The standard InChI is InChI=1S/C22H29N3O2/c1-3-14-10-22(27)24-19-12-16(8-9-17(14)19)23-21(26)11-15-13-25(2)20-7-5-4-6-18(15)20/h4-7,13-14,16-17,19H,3,8-12H2,1-2H3,(H,23,26)(H,24,27). The molecule has 1 saturated carbocycles. The number of fused-ring (bicyclic) bond motifs is 2. The second-order valence-electron chi connectivity index (χ2n) is 8.25. The maximum atomic E-state index is 12.7. The minimum Gasteiger partial charge on any atom is -0.353 e. The second kappa shape index (κ2) is 7.37. The van der Waals surface area contributed by atoms with E-state index in [1.54, 1.807) is 0 Å². The molecule has 4 unspecified atom stereocenters. The number of para-hydroxylation sites is 1. The van der Waals surface area contributed by atoms with E-state index in [9.17, 15) is 9.59 Å². The van der Waals surface area contributed by atoms with Crippen molar-refractivity contribution in [3.05, 3.63) is 36.0 Å². The Balaban J connectivity index is 1.39. The Morgan fingerprint density at radius 2 is 2.11 bits per heavy atom. The highest BCUT2D eigenvalue weighted by molar-refractivity contribution is 5.89. The van der Waals surface area contributed by atoms with Gasteiger partial charge in [-0.3, -0.25) is 9.59 Å². The Kier molecular flexibility index (Phi) is 4.94. The van der Waals surface area contributed by atoms with Gasteiger partial charge in [-0.2, -0.15) is 0 Å². The van der Waals surface area contributed by atoms with Gasteiger partial charge in [0.2, 0.25) is 11.8 Å². The van der Waals surface area contributed by atoms with E-state index in [1.807, 2.05) is 25.4 Å². The molecule has 2 aromatic rings. The molecule has 2 aliphatic rings. The molecule has 144 valence electrons. The summed E-state index contributed by atoms with van der Waals surface area (Å²) in [6.07, 6.45) is 7.12. The van der Waals surface area contributed by atoms with Crippen LogP contribution in [0.4, 0.5) is 0 Å². The van der Waals surface area contributed by atoms with Gasteiger partial charge in [-0.1, -0.05) is 31.5 Å². The second-order valence-corrected chi connectivity index (χ2v) is 8.25. The van der Waals surface area contributed by atoms with Gasteiger partial charge in [-0.15, -0.1) is 0 Å². The molecule has 0 radical (unpaired) electrons. The molecule has 4 rings (SSSR count). The zero-order chi connectivity index (χ0) is 19.0. The molecule has 5 heteroatoms. The van der Waals surface area contributed by atoms with Crippen molar-refractivity contribution in [1.82, 2.24) is 15.2 Å². The molecule has 2 amide bonds. The Labute approximate surface area is 160 Å². The van der Waals surface area contributed by atoms with Gasteiger partial charge in [0, 0.05) is 42.7 Å². The van der Waals surface area contributed by atoms with Gasteiger partial charge >= 0.3 is 0 Å². The van der Waals surface area contributed by atoms with Crippen LogP contribution >= 0.6 is 0 Å². The minimum atomic E-state index is 0.0731. The maximum Gasteiger partial charge on any atom is 0.224 e. The van der Waals surface area contributed by atoms with E-state index in [0.29, 0.717) is 24.7 Å². The summed E-state index contributed by atoms with van der Waals surface area (Å²) >= 11 is 0. The molecule has 1 saturated heterocycles. The summed E-state index contributed by atoms with van der Waals surface area (Å²) < 4.78 is 2.08. The highest BCUT2D eigenvalue weighted by Crippen LogP contribution is 2.37. The minimum absolute atomic E-state index is 0.0731. The fourth-order valence-corrected chi connectivity index (χ4v) is 5.18. The van der Waals surface area contributed by atoms with Gasteiger partial charge in [0.15, 0.2) is 0 Å². The van der Waals surface area contributed by atoms with Crippen LogP contribution in [-0.4, -0.2) is 28.5 Å². The van der Waals surface area contributed by atoms with Crippen molar-refractivity contribution in [3.8, 4) is 0 Å². The quantitative estimate of drug-likeness (QED) is 0.873. The molecule has 0 bridgehead atoms. The molecule has 2 fully saturated rings. The van der Waals surface area contributed by atoms with E-state index < -0.39 is 0 Å². The maximum absolute atomic E-state index is 12.7. The van der Waals surface area contributed by atoms with Crippen molar-refractivity contribution in [1.29, 1.82) is 0 Å². The van der Waals surface area contributed by atoms with Crippen LogP contribution in [0.5, 0.6) is 0 Å². The normalized spacial score (nSPS) is 27.9. The van der Waals surface area contributed by atoms with E-state index in [1.165, 1.54) is 0 Å². The van der Waals surface area contributed by atoms with Crippen molar-refractivity contribution in [2.75, 3.05) is 0 Å². The molecule has 0 spiro atoms. The number of carbonyl (C=O) groups is 2. The largest absolute Gasteiger partial charge is 0.353 e. The predicted molar refractivity (Wildman–Crippen MR) is 106 cm³/mol. The van der Waals surface area contributed by atoms with Crippen LogP contribution in [0.15, 0.2) is 30.5 Å². The van der Waals surface area contributed by atoms with E-state index in [0.717, 1.165) is 42.1 Å². The highest BCUT2D eigenvalue weighted by atomic mass is 16.2. The summed E-state index contributed by atoms with van der Waals surface area (Å²) in [5.41, 5.74) is 2.22. The molecular weight excluding hydrogens is 338 g/mol. The molecule has 1 aromatic heterocycles. The third kappa shape index (κ3) is 3.60. The first-order valence-electron chi connectivity index (χ1n) is 10.2. The number of rotatable bonds is 4. The highest BCUT2D eigenvalue weighted by Gasteiger charge is 2.40. The van der Waals surface area contributed by atoms with Crippen LogP contribution in [0.25, 0.3) is 10.9 Å². The van der Waals surface area contributed by atoms with Gasteiger partial charge < -0.3 is 15.2 Å². The summed E-state index contributed by atoms with van der Waals surface area (Å²) in [6.45, 7) is 2.18. The first kappa shape index (κ1) is 18.1. The fourth-order valence-electron chi connectivity index (χ4n) is 5.18. The Bertz CT molecular complexity index is 856. The van der Waals surface area contributed by atoms with Crippen LogP contribution in [-0.2, 0) is 23.1 Å². The molecule has 4 atom stereocenters. The number of piperidine rings is 1. The van der Waals surface area contributed by atoms with Gasteiger partial charge in [0.25, 0.3) is 0 Å². The van der Waals surface area contributed by atoms with E-state index in [4.69, 9.17) is 0 Å². The number of nitrogens with one attached hydrogen (secondary N) is 2. The Morgan fingerprint density at radius 1 is 1.30 bits per heavy atom. The first-order chi connectivity index (χ1) is 13.0. The number of hydrogen-bond donors (Lipinski definition) is 2. The van der Waals surface area contributed by atoms with Crippen molar-refractivity contribution in [2.24, 2.45) is 18.9 Å². The van der Waals surface area contributed by atoms with Crippen LogP contribution in [0.1, 0.15) is 44.6 Å². The number of carbonyl (C=O) groups excluding carboxylic acids is 2. The first-order valence-corrected chi connectivity index (χ1v) is 10.2. The van der Waals surface area contributed by atoms with Gasteiger partial charge in [0.1, 0.15) is 0 Å². The lowest BCUT2D eigenvalue weighted by Crippen LogP contribution is -2.55. The predicted octanol–water partition coefficient (Wildman–Crippen LogP) is 2.92. The summed E-state index contributed by atoms with van der Waals surface area (Å²) in [5, 5.41) is 7.53. The smallest absolute Gasteiger partial charge is 0.224 e. The zero-order valence-corrected chi connectivity index (χ0v) is 16.2. The molecular formula is C22H29N3O2. The number of nitrogens with zero attached hydrogens (tertiary/aromatic N) is 1. The number of benzene rings is 1. The summed E-state index contributed by atoms with van der Waals surface area (Å²) in [5.74, 6) is 1.31. The van der Waals surface area contributed by atoms with Crippen LogP contribution in [0.3, 0.4) is 0 Å². The number of aryl methyl sites for hydroxylation is 1. The van der Waals surface area contributed by atoms with Crippen LogP contribution in [0.2, 0.25) is 0 Å². The summed E-state index contributed by atoms with van der Waals surface area (Å²) in [7, 11) is 2.01. The zero-order valence-electron chi connectivity index (χ0n) is 16.2. The number of amides is 2. The molecule has 1 aromatic carbocycles. The summed E-state index contributed by atoms with van der Waals surface area (Å²) in [6, 6.07) is 8.56. The van der Waals surface area contributed by atoms with Gasteiger partial charge in [-0.25, -0.2) is 0 Å². The SMILES string of the molecule is CCC1CC(=O)NC2CC(NC(=O)Cc3cn(C)c4ccccc34)CCC12. The lowest BCUT2D eigenvalue weighted by atomic mass is 9.70. The molecule has 1 aliphatic carbocycles. The number of hydrogen-bond acceptors (Lipinski definition) is 2. The fraction of sp³-hybridized carbons (Fsp3) is 0.545. The van der Waals surface area contributed by atoms with E-state index >= 15 is 0 Å². The lowest BCUT2D eigenvalue weighted by Gasteiger charge is -2.44. The third-order valence-corrected chi connectivity index (χ3v) is 6.52. The Morgan fingerprint density at radius 3 is 2.93 bits per heavy atom. The average molecular weight is 367 g/mol. The van der Waals surface area contributed by atoms with E-state index in [-0.39, 0.29) is 23.9 Å². The Hall–Kier alpha value is -2.30.